The normalized spacial score (nSPS) is 15.3. The predicted octanol–water partition coefficient (Wildman–Crippen LogP) is 3.22. The summed E-state index contributed by atoms with van der Waals surface area (Å²) in [5.74, 6) is -0.627. The molecule has 2 amide bonds. The summed E-state index contributed by atoms with van der Waals surface area (Å²) in [6.07, 6.45) is 1.29. The smallest absolute Gasteiger partial charge is 0.287 e. The molecule has 0 unspecified atom stereocenters. The molecule has 1 aliphatic heterocycles. The minimum absolute atomic E-state index is 0.0158. The third-order valence-electron chi connectivity index (χ3n) is 3.99. The topological polar surface area (TPSA) is 62.6 Å². The first-order chi connectivity index (χ1) is 11.5. The molecule has 1 N–H and O–H groups in total. The van der Waals surface area contributed by atoms with Crippen molar-refractivity contribution < 1.29 is 18.4 Å². The maximum absolute atomic E-state index is 13.2. The van der Waals surface area contributed by atoms with Gasteiger partial charge in [0, 0.05) is 24.7 Å². The molecule has 7 heteroatoms. The number of hydrogen-bond donors (Lipinski definition) is 1. The number of benzene rings is 1. The second-order valence-corrected chi connectivity index (χ2v) is 6.44. The van der Waals surface area contributed by atoms with Crippen molar-refractivity contribution in [2.45, 2.75) is 18.9 Å². The van der Waals surface area contributed by atoms with Crippen LogP contribution in [-0.4, -0.2) is 35.8 Å². The van der Waals surface area contributed by atoms with E-state index >= 15 is 0 Å². The number of carbonyl (C=O) groups excluding carboxylic acids is 2. The Morgan fingerprint density at radius 2 is 1.96 bits per heavy atom. The fourth-order valence-electron chi connectivity index (χ4n) is 2.72. The third kappa shape index (κ3) is 3.84. The van der Waals surface area contributed by atoms with Crippen LogP contribution in [0, 0.1) is 5.82 Å². The van der Waals surface area contributed by atoms with Gasteiger partial charge >= 0.3 is 0 Å². The first-order valence-corrected chi connectivity index (χ1v) is 8.43. The van der Waals surface area contributed by atoms with E-state index in [0.717, 1.165) is 0 Å². The van der Waals surface area contributed by atoms with E-state index in [4.69, 9.17) is 4.42 Å². The van der Waals surface area contributed by atoms with Crippen LogP contribution >= 0.6 is 15.9 Å². The molecule has 0 radical (unpaired) electrons. The molecule has 0 atom stereocenters. The van der Waals surface area contributed by atoms with Gasteiger partial charge in [-0.25, -0.2) is 4.39 Å². The first kappa shape index (κ1) is 16.7. The number of amides is 2. The average Bonchev–Trinajstić information content (AvgIpc) is 3.01. The Balaban J connectivity index is 1.54. The van der Waals surface area contributed by atoms with Gasteiger partial charge < -0.3 is 14.6 Å². The van der Waals surface area contributed by atoms with Crippen LogP contribution in [0.1, 0.15) is 33.8 Å². The number of piperidine rings is 1. The third-order valence-corrected chi connectivity index (χ3v) is 4.41. The number of hydrogen-bond acceptors (Lipinski definition) is 3. The number of nitrogens with zero attached hydrogens (tertiary/aromatic N) is 1. The summed E-state index contributed by atoms with van der Waals surface area (Å²) in [5.41, 5.74) is 0.345. The van der Waals surface area contributed by atoms with E-state index in [1.807, 2.05) is 0 Å². The summed E-state index contributed by atoms with van der Waals surface area (Å²) in [7, 11) is 0. The first-order valence-electron chi connectivity index (χ1n) is 7.64. The summed E-state index contributed by atoms with van der Waals surface area (Å²) in [6.45, 7) is 1.03. The van der Waals surface area contributed by atoms with Crippen LogP contribution in [0.4, 0.5) is 4.39 Å². The van der Waals surface area contributed by atoms with Crippen molar-refractivity contribution >= 4 is 27.7 Å². The molecule has 2 heterocycles. The van der Waals surface area contributed by atoms with Gasteiger partial charge in [0.25, 0.3) is 11.8 Å². The minimum atomic E-state index is -0.424. The zero-order valence-electron chi connectivity index (χ0n) is 12.8. The maximum atomic E-state index is 13.2. The second-order valence-electron chi connectivity index (χ2n) is 5.65. The van der Waals surface area contributed by atoms with Crippen LogP contribution in [0.15, 0.2) is 45.5 Å². The van der Waals surface area contributed by atoms with Crippen LogP contribution in [0.3, 0.4) is 0 Å². The molecule has 24 heavy (non-hydrogen) atoms. The molecule has 0 aliphatic carbocycles. The highest BCUT2D eigenvalue weighted by Gasteiger charge is 2.25. The van der Waals surface area contributed by atoms with Crippen LogP contribution < -0.4 is 5.32 Å². The van der Waals surface area contributed by atoms with E-state index in [1.54, 1.807) is 23.1 Å². The van der Waals surface area contributed by atoms with Crippen molar-refractivity contribution in [1.82, 2.24) is 10.2 Å². The monoisotopic (exact) mass is 394 g/mol. The highest BCUT2D eigenvalue weighted by atomic mass is 79.9. The van der Waals surface area contributed by atoms with Crippen molar-refractivity contribution in [3.05, 3.63) is 58.2 Å². The van der Waals surface area contributed by atoms with Crippen LogP contribution in [0.25, 0.3) is 0 Å². The van der Waals surface area contributed by atoms with Crippen molar-refractivity contribution in [2.24, 2.45) is 0 Å². The molecule has 1 aromatic heterocycles. The molecule has 0 bridgehead atoms. The van der Waals surface area contributed by atoms with E-state index < -0.39 is 5.82 Å². The van der Waals surface area contributed by atoms with Crippen LogP contribution in [-0.2, 0) is 0 Å². The molecular formula is C17H16BrFN2O3. The number of nitrogens with one attached hydrogen (secondary N) is 1. The molecular weight excluding hydrogens is 379 g/mol. The van der Waals surface area contributed by atoms with E-state index in [2.05, 4.69) is 21.2 Å². The average molecular weight is 395 g/mol. The zero-order valence-corrected chi connectivity index (χ0v) is 14.4. The highest BCUT2D eigenvalue weighted by Crippen LogP contribution is 2.17. The molecule has 2 aromatic rings. The Hall–Kier alpha value is -2.15. The van der Waals surface area contributed by atoms with Crippen molar-refractivity contribution in [2.75, 3.05) is 13.1 Å². The number of likely N-dealkylation sites (tertiary alicyclic amines) is 1. The number of furan rings is 1. The molecule has 126 valence electrons. The van der Waals surface area contributed by atoms with E-state index in [1.165, 1.54) is 18.2 Å². The fraction of sp³-hybridized carbons (Fsp3) is 0.294. The van der Waals surface area contributed by atoms with E-state index in [9.17, 15) is 14.0 Å². The molecule has 0 saturated carbocycles. The van der Waals surface area contributed by atoms with Gasteiger partial charge in [-0.2, -0.15) is 0 Å². The summed E-state index contributed by atoms with van der Waals surface area (Å²) >= 11 is 3.16. The largest absolute Gasteiger partial charge is 0.444 e. The van der Waals surface area contributed by atoms with Crippen molar-refractivity contribution in [1.29, 1.82) is 0 Å². The minimum Gasteiger partial charge on any atom is -0.444 e. The van der Waals surface area contributed by atoms with Gasteiger partial charge in [-0.3, -0.25) is 9.59 Å². The van der Waals surface area contributed by atoms with Gasteiger partial charge in [-0.1, -0.05) is 6.07 Å². The number of carbonyl (C=O) groups is 2. The Morgan fingerprint density at radius 1 is 1.21 bits per heavy atom. The standard InChI is InChI=1S/C17H16BrFN2O3/c18-15-5-4-14(24-15)16(22)20-13-6-8-21(9-7-13)17(23)11-2-1-3-12(19)10-11/h1-5,10,13H,6-9H2,(H,20,22). The number of halogens is 2. The second kappa shape index (κ2) is 7.17. The molecule has 3 rings (SSSR count). The van der Waals surface area contributed by atoms with Crippen molar-refractivity contribution in [3.63, 3.8) is 0 Å². The molecule has 1 aromatic carbocycles. The molecule has 1 saturated heterocycles. The summed E-state index contributed by atoms with van der Waals surface area (Å²) < 4.78 is 19.0. The summed E-state index contributed by atoms with van der Waals surface area (Å²) in [5, 5.41) is 2.91. The number of rotatable bonds is 3. The SMILES string of the molecule is O=C(NC1CCN(C(=O)c2cccc(F)c2)CC1)c1ccc(Br)o1. The quantitative estimate of drug-likeness (QED) is 0.868. The van der Waals surface area contributed by atoms with E-state index in [-0.39, 0.29) is 23.6 Å². The van der Waals surface area contributed by atoms with Crippen LogP contribution in [0.5, 0.6) is 0 Å². The molecule has 0 spiro atoms. The molecule has 1 aliphatic rings. The van der Waals surface area contributed by atoms with Crippen molar-refractivity contribution in [3.8, 4) is 0 Å². The fourth-order valence-corrected chi connectivity index (χ4v) is 3.03. The molecule has 1 fully saturated rings. The lowest BCUT2D eigenvalue weighted by atomic mass is 10.0. The van der Waals surface area contributed by atoms with Gasteiger partial charge in [0.05, 0.1) is 0 Å². The molecule has 5 nitrogen and oxygen atoms in total. The maximum Gasteiger partial charge on any atom is 0.287 e. The lowest BCUT2D eigenvalue weighted by Crippen LogP contribution is -2.46. The summed E-state index contributed by atoms with van der Waals surface area (Å²) in [4.78, 5) is 26.1. The van der Waals surface area contributed by atoms with Gasteiger partial charge in [-0.15, -0.1) is 0 Å². The highest BCUT2D eigenvalue weighted by molar-refractivity contribution is 9.10. The van der Waals surface area contributed by atoms with Gasteiger partial charge in [0.1, 0.15) is 5.82 Å². The Labute approximate surface area is 146 Å². The Kier molecular flexibility index (Phi) is 4.99. The van der Waals surface area contributed by atoms with Gasteiger partial charge in [0.15, 0.2) is 10.4 Å². The van der Waals surface area contributed by atoms with E-state index in [0.29, 0.717) is 36.2 Å². The van der Waals surface area contributed by atoms with Gasteiger partial charge in [0.2, 0.25) is 0 Å². The van der Waals surface area contributed by atoms with Crippen LogP contribution in [0.2, 0.25) is 0 Å². The Morgan fingerprint density at radius 3 is 2.58 bits per heavy atom. The predicted molar refractivity (Wildman–Crippen MR) is 89.2 cm³/mol. The lowest BCUT2D eigenvalue weighted by molar-refractivity contribution is 0.0695. The van der Waals surface area contributed by atoms with Gasteiger partial charge in [-0.05, 0) is 59.1 Å². The Bertz CT molecular complexity index is 754. The lowest BCUT2D eigenvalue weighted by Gasteiger charge is -2.32. The summed E-state index contributed by atoms with van der Waals surface area (Å²) in [6, 6.07) is 8.93. The zero-order chi connectivity index (χ0) is 17.1.